The molecular formula is C8H14BrF2NO. The lowest BCUT2D eigenvalue weighted by Crippen LogP contribution is -2.58. The first-order valence-electron chi connectivity index (χ1n) is 4.38. The Bertz CT molecular complexity index is 175. The summed E-state index contributed by atoms with van der Waals surface area (Å²) in [4.78, 5) is -3.24. The Morgan fingerprint density at radius 3 is 2.46 bits per heavy atom. The molecule has 0 aromatic rings. The molecule has 0 saturated carbocycles. The first-order chi connectivity index (χ1) is 5.86. The highest BCUT2D eigenvalue weighted by Gasteiger charge is 2.52. The van der Waals surface area contributed by atoms with E-state index in [4.69, 9.17) is 0 Å². The minimum atomic E-state index is -3.24. The largest absolute Gasteiger partial charge is 0.381 e. The van der Waals surface area contributed by atoms with Gasteiger partial charge in [0, 0.05) is 6.04 Å². The lowest BCUT2D eigenvalue weighted by atomic mass is 9.90. The summed E-state index contributed by atoms with van der Waals surface area (Å²) in [5.74, 6) is 0. The van der Waals surface area contributed by atoms with E-state index in [1.807, 2.05) is 0 Å². The minimum Gasteiger partial charge on any atom is -0.381 e. The normalized spacial score (nSPS) is 29.8. The minimum absolute atomic E-state index is 0.532. The van der Waals surface area contributed by atoms with Crippen molar-refractivity contribution >= 4 is 15.9 Å². The summed E-state index contributed by atoms with van der Waals surface area (Å²) in [6, 6.07) is -0.532. The van der Waals surface area contributed by atoms with Crippen molar-refractivity contribution in [3.8, 4) is 0 Å². The highest BCUT2D eigenvalue weighted by Crippen LogP contribution is 2.38. The Labute approximate surface area is 84.8 Å². The number of piperidine rings is 1. The smallest absolute Gasteiger partial charge is 0.330 e. The predicted molar refractivity (Wildman–Crippen MR) is 50.1 cm³/mol. The van der Waals surface area contributed by atoms with Gasteiger partial charge in [-0.15, -0.1) is 0 Å². The van der Waals surface area contributed by atoms with E-state index in [2.05, 4.69) is 21.2 Å². The molecule has 0 aliphatic carbocycles. The maximum absolute atomic E-state index is 12.9. The van der Waals surface area contributed by atoms with Crippen LogP contribution in [0.1, 0.15) is 26.2 Å². The fraction of sp³-hybridized carbons (Fsp3) is 1.00. The number of rotatable bonds is 2. The van der Waals surface area contributed by atoms with E-state index in [-0.39, 0.29) is 0 Å². The number of hydrogen-bond donors (Lipinski definition) is 2. The number of aliphatic hydroxyl groups is 1. The van der Waals surface area contributed by atoms with Crippen LogP contribution >= 0.6 is 15.9 Å². The van der Waals surface area contributed by atoms with Crippen LogP contribution in [0.4, 0.5) is 8.78 Å². The Balaban J connectivity index is 2.67. The molecular weight excluding hydrogens is 244 g/mol. The lowest BCUT2D eigenvalue weighted by molar-refractivity contribution is -0.127. The fourth-order valence-electron chi connectivity index (χ4n) is 1.53. The van der Waals surface area contributed by atoms with Crippen LogP contribution in [0.15, 0.2) is 0 Å². The van der Waals surface area contributed by atoms with Crippen molar-refractivity contribution < 1.29 is 13.9 Å². The van der Waals surface area contributed by atoms with Crippen LogP contribution in [0.25, 0.3) is 0 Å². The molecule has 78 valence electrons. The van der Waals surface area contributed by atoms with Crippen LogP contribution < -0.4 is 5.32 Å². The van der Waals surface area contributed by atoms with Crippen LogP contribution in [0.2, 0.25) is 0 Å². The van der Waals surface area contributed by atoms with Gasteiger partial charge in [-0.3, -0.25) is 0 Å². The summed E-state index contributed by atoms with van der Waals surface area (Å²) in [5.41, 5.74) is -2.02. The van der Waals surface area contributed by atoms with Crippen LogP contribution in [-0.2, 0) is 0 Å². The predicted octanol–water partition coefficient (Wildman–Crippen LogP) is 1.87. The molecule has 2 nitrogen and oxygen atoms in total. The molecule has 0 amide bonds. The summed E-state index contributed by atoms with van der Waals surface area (Å²) >= 11 is 2.21. The second-order valence-electron chi connectivity index (χ2n) is 3.65. The standard InChI is InChI=1S/C8H14BrF2NO/c1-7(13,8(9,10)11)6-4-2-3-5-12-6/h6,12-13H,2-5H2,1H3. The molecule has 0 spiro atoms. The SMILES string of the molecule is CC(O)(C1CCCCN1)C(F)(F)Br. The molecule has 0 radical (unpaired) electrons. The topological polar surface area (TPSA) is 32.3 Å². The van der Waals surface area contributed by atoms with Gasteiger partial charge in [0.1, 0.15) is 0 Å². The Hall–Kier alpha value is 0.260. The maximum atomic E-state index is 12.9. The highest BCUT2D eigenvalue weighted by atomic mass is 79.9. The third kappa shape index (κ3) is 2.39. The van der Waals surface area contributed by atoms with Gasteiger partial charge in [0.25, 0.3) is 0 Å². The van der Waals surface area contributed by atoms with E-state index in [1.165, 1.54) is 0 Å². The van der Waals surface area contributed by atoms with E-state index < -0.39 is 16.5 Å². The highest BCUT2D eigenvalue weighted by molar-refractivity contribution is 9.10. The van der Waals surface area contributed by atoms with Crippen molar-refractivity contribution in [2.75, 3.05) is 6.54 Å². The Kier molecular flexibility index (Phi) is 3.30. The molecule has 2 unspecified atom stereocenters. The van der Waals surface area contributed by atoms with Gasteiger partial charge in [-0.25, -0.2) is 0 Å². The van der Waals surface area contributed by atoms with Gasteiger partial charge in [0.05, 0.1) is 0 Å². The molecule has 2 N–H and O–H groups in total. The van der Waals surface area contributed by atoms with E-state index in [1.54, 1.807) is 0 Å². The summed E-state index contributed by atoms with van der Waals surface area (Å²) in [5, 5.41) is 12.5. The van der Waals surface area contributed by atoms with Crippen LogP contribution in [0, 0.1) is 0 Å². The molecule has 0 aromatic heterocycles. The zero-order chi connectivity index (χ0) is 10.1. The number of nitrogens with one attached hydrogen (secondary N) is 1. The third-order valence-electron chi connectivity index (χ3n) is 2.56. The van der Waals surface area contributed by atoms with E-state index in [0.29, 0.717) is 13.0 Å². The third-order valence-corrected chi connectivity index (χ3v) is 3.37. The molecule has 0 bridgehead atoms. The average molecular weight is 258 g/mol. The van der Waals surface area contributed by atoms with Gasteiger partial charge in [0.15, 0.2) is 5.60 Å². The van der Waals surface area contributed by atoms with Gasteiger partial charge in [-0.05, 0) is 42.2 Å². The summed E-state index contributed by atoms with van der Waals surface area (Å²) in [7, 11) is 0. The van der Waals surface area contributed by atoms with Gasteiger partial charge in [-0.2, -0.15) is 8.78 Å². The lowest BCUT2D eigenvalue weighted by Gasteiger charge is -2.38. The fourth-order valence-corrected chi connectivity index (χ4v) is 1.81. The molecule has 13 heavy (non-hydrogen) atoms. The molecule has 1 fully saturated rings. The van der Waals surface area contributed by atoms with Crippen molar-refractivity contribution in [2.24, 2.45) is 0 Å². The Morgan fingerprint density at radius 2 is 2.08 bits per heavy atom. The zero-order valence-electron chi connectivity index (χ0n) is 7.49. The van der Waals surface area contributed by atoms with Crippen LogP contribution in [0.3, 0.4) is 0 Å². The molecule has 5 heteroatoms. The molecule has 1 rings (SSSR count). The maximum Gasteiger partial charge on any atom is 0.330 e. The number of halogens is 3. The van der Waals surface area contributed by atoms with E-state index in [0.717, 1.165) is 19.8 Å². The van der Waals surface area contributed by atoms with Crippen LogP contribution in [-0.4, -0.2) is 28.1 Å². The van der Waals surface area contributed by atoms with Gasteiger partial charge < -0.3 is 10.4 Å². The molecule has 1 saturated heterocycles. The average Bonchev–Trinajstić information content (AvgIpc) is 2.04. The number of hydrogen-bond acceptors (Lipinski definition) is 2. The monoisotopic (exact) mass is 257 g/mol. The molecule has 1 heterocycles. The second-order valence-corrected chi connectivity index (χ2v) is 4.64. The van der Waals surface area contributed by atoms with Crippen molar-refractivity contribution in [3.05, 3.63) is 0 Å². The summed E-state index contributed by atoms with van der Waals surface area (Å²) in [6.07, 6.45) is 2.46. The first-order valence-corrected chi connectivity index (χ1v) is 5.17. The van der Waals surface area contributed by atoms with Gasteiger partial charge in [0.2, 0.25) is 0 Å². The quantitative estimate of drug-likeness (QED) is 0.741. The first kappa shape index (κ1) is 11.3. The molecule has 0 aromatic carbocycles. The van der Waals surface area contributed by atoms with Gasteiger partial charge >= 0.3 is 4.83 Å². The molecule has 1 aliphatic heterocycles. The summed E-state index contributed by atoms with van der Waals surface area (Å²) < 4.78 is 25.8. The van der Waals surface area contributed by atoms with Crippen molar-refractivity contribution in [2.45, 2.75) is 42.7 Å². The summed E-state index contributed by atoms with van der Waals surface area (Å²) in [6.45, 7) is 1.86. The van der Waals surface area contributed by atoms with Gasteiger partial charge in [-0.1, -0.05) is 6.42 Å². The molecule has 2 atom stereocenters. The van der Waals surface area contributed by atoms with Crippen molar-refractivity contribution in [3.63, 3.8) is 0 Å². The van der Waals surface area contributed by atoms with Crippen molar-refractivity contribution in [1.29, 1.82) is 0 Å². The van der Waals surface area contributed by atoms with Crippen molar-refractivity contribution in [1.82, 2.24) is 5.32 Å². The second kappa shape index (κ2) is 3.79. The molecule has 1 aliphatic rings. The van der Waals surface area contributed by atoms with E-state index >= 15 is 0 Å². The zero-order valence-corrected chi connectivity index (χ0v) is 9.07. The number of alkyl halides is 3. The Morgan fingerprint density at radius 1 is 1.46 bits per heavy atom. The van der Waals surface area contributed by atoms with E-state index in [9.17, 15) is 13.9 Å². The van der Waals surface area contributed by atoms with Crippen LogP contribution in [0.5, 0.6) is 0 Å².